The molecule has 0 aliphatic heterocycles. The molecule has 1 unspecified atom stereocenters. The highest BCUT2D eigenvalue weighted by atomic mass is 79.9. The number of thiophene rings is 1. The van der Waals surface area contributed by atoms with Crippen molar-refractivity contribution in [3.05, 3.63) is 55.1 Å². The predicted molar refractivity (Wildman–Crippen MR) is 71.1 cm³/mol. The van der Waals surface area contributed by atoms with Crippen LogP contribution < -0.4 is 0 Å². The molecule has 1 atom stereocenters. The van der Waals surface area contributed by atoms with E-state index in [9.17, 15) is 8.78 Å². The number of hydrogen-bond acceptors (Lipinski definition) is 1. The zero-order valence-corrected chi connectivity index (χ0v) is 12.1. The molecule has 0 aliphatic carbocycles. The van der Waals surface area contributed by atoms with Gasteiger partial charge in [-0.2, -0.15) is 0 Å². The first-order chi connectivity index (χ1) is 8.00. The average molecular weight is 358 g/mol. The molecule has 0 aliphatic rings. The summed E-state index contributed by atoms with van der Waals surface area (Å²) < 4.78 is 27.1. The molecule has 2 aromatic rings. The van der Waals surface area contributed by atoms with Gasteiger partial charge in [0.05, 0.1) is 14.9 Å². The molecule has 1 heterocycles. The van der Waals surface area contributed by atoms with Crippen LogP contribution in [0.15, 0.2) is 28.1 Å². The molecule has 1 aromatic heterocycles. The van der Waals surface area contributed by atoms with Crippen molar-refractivity contribution < 1.29 is 8.78 Å². The molecule has 0 saturated heterocycles. The van der Waals surface area contributed by atoms with Gasteiger partial charge in [0.2, 0.25) is 0 Å². The Kier molecular flexibility index (Phi) is 4.08. The molecule has 0 nitrogen and oxygen atoms in total. The van der Waals surface area contributed by atoms with E-state index in [-0.39, 0.29) is 10.0 Å². The van der Waals surface area contributed by atoms with E-state index in [4.69, 9.17) is 23.2 Å². The predicted octanol–water partition coefficient (Wildman–Crippen LogP) is 5.77. The Morgan fingerprint density at radius 2 is 1.94 bits per heavy atom. The van der Waals surface area contributed by atoms with Crippen LogP contribution >= 0.6 is 50.5 Å². The molecular formula is C11H5BrCl2F2S. The maximum absolute atomic E-state index is 13.7. The van der Waals surface area contributed by atoms with Crippen LogP contribution in [-0.2, 0) is 0 Å². The van der Waals surface area contributed by atoms with Crippen LogP contribution in [0, 0.1) is 11.6 Å². The van der Waals surface area contributed by atoms with E-state index in [1.54, 1.807) is 11.4 Å². The van der Waals surface area contributed by atoms with Crippen molar-refractivity contribution in [2.45, 2.75) is 5.38 Å². The zero-order valence-electron chi connectivity index (χ0n) is 8.18. The van der Waals surface area contributed by atoms with Gasteiger partial charge in [-0.15, -0.1) is 22.9 Å². The van der Waals surface area contributed by atoms with E-state index in [1.165, 1.54) is 11.3 Å². The van der Waals surface area contributed by atoms with Crippen molar-refractivity contribution in [2.24, 2.45) is 0 Å². The largest absolute Gasteiger partial charge is 0.207 e. The molecule has 0 amide bonds. The van der Waals surface area contributed by atoms with E-state index in [0.29, 0.717) is 9.90 Å². The standard InChI is InChI=1S/C11H5BrCl2F2S/c12-6-4-8(15)5(3-9(6)16)10(14)11-7(13)1-2-17-11/h1-4,10H. The van der Waals surface area contributed by atoms with Crippen LogP contribution in [0.25, 0.3) is 0 Å². The highest BCUT2D eigenvalue weighted by Crippen LogP contribution is 2.39. The van der Waals surface area contributed by atoms with Crippen LogP contribution in [0.2, 0.25) is 5.02 Å². The third kappa shape index (κ3) is 2.65. The lowest BCUT2D eigenvalue weighted by Crippen LogP contribution is -1.97. The lowest BCUT2D eigenvalue weighted by atomic mass is 10.1. The fourth-order valence-corrected chi connectivity index (χ4v) is 3.33. The Hall–Kier alpha value is -0.160. The quantitative estimate of drug-likeness (QED) is 0.472. The molecule has 0 bridgehead atoms. The second kappa shape index (κ2) is 5.22. The van der Waals surface area contributed by atoms with Crippen molar-refractivity contribution in [2.75, 3.05) is 0 Å². The van der Waals surface area contributed by atoms with E-state index in [0.717, 1.165) is 12.1 Å². The summed E-state index contributed by atoms with van der Waals surface area (Å²) in [4.78, 5) is 0.606. The monoisotopic (exact) mass is 356 g/mol. The summed E-state index contributed by atoms with van der Waals surface area (Å²) in [6.07, 6.45) is 0. The fraction of sp³-hybridized carbons (Fsp3) is 0.0909. The summed E-state index contributed by atoms with van der Waals surface area (Å²) in [6, 6.07) is 3.80. The SMILES string of the molecule is Fc1cc(C(Cl)c2sccc2Cl)c(F)cc1Br. The number of alkyl halides is 1. The minimum absolute atomic E-state index is 0.0693. The summed E-state index contributed by atoms with van der Waals surface area (Å²) in [6.45, 7) is 0. The summed E-state index contributed by atoms with van der Waals surface area (Å²) in [7, 11) is 0. The van der Waals surface area contributed by atoms with Gasteiger partial charge in [-0.1, -0.05) is 11.6 Å². The molecule has 0 saturated carbocycles. The Balaban J connectivity index is 2.48. The average Bonchev–Trinajstić information content (AvgIpc) is 2.69. The van der Waals surface area contributed by atoms with Gasteiger partial charge in [-0.3, -0.25) is 0 Å². The Bertz CT molecular complexity index is 556. The Labute approximate surface area is 119 Å². The van der Waals surface area contributed by atoms with Crippen molar-refractivity contribution in [1.29, 1.82) is 0 Å². The first-order valence-electron chi connectivity index (χ1n) is 4.52. The third-order valence-corrected chi connectivity index (χ3v) is 4.80. The fourth-order valence-electron chi connectivity index (χ4n) is 1.36. The summed E-state index contributed by atoms with van der Waals surface area (Å²) in [5, 5.41) is 1.42. The van der Waals surface area contributed by atoms with Gasteiger partial charge in [0.1, 0.15) is 11.6 Å². The van der Waals surface area contributed by atoms with Crippen LogP contribution in [0.1, 0.15) is 15.8 Å². The van der Waals surface area contributed by atoms with Gasteiger partial charge in [0.25, 0.3) is 0 Å². The second-order valence-corrected chi connectivity index (χ2v) is 5.93. The molecule has 0 radical (unpaired) electrons. The molecule has 90 valence electrons. The first kappa shape index (κ1) is 13.3. The van der Waals surface area contributed by atoms with Gasteiger partial charge in [0, 0.05) is 10.4 Å². The smallest absolute Gasteiger partial charge is 0.137 e. The number of benzene rings is 1. The minimum atomic E-state index is -0.787. The number of halogens is 5. The van der Waals surface area contributed by atoms with Crippen LogP contribution in [0.4, 0.5) is 8.78 Å². The molecule has 6 heteroatoms. The first-order valence-corrected chi connectivity index (χ1v) is 7.01. The maximum Gasteiger partial charge on any atom is 0.137 e. The zero-order chi connectivity index (χ0) is 12.6. The molecular weight excluding hydrogens is 353 g/mol. The summed E-state index contributed by atoms with van der Waals surface area (Å²) in [5.74, 6) is -1.12. The third-order valence-electron chi connectivity index (χ3n) is 2.19. The molecule has 0 spiro atoms. The minimum Gasteiger partial charge on any atom is -0.207 e. The normalized spacial score (nSPS) is 12.8. The Morgan fingerprint density at radius 3 is 2.53 bits per heavy atom. The van der Waals surface area contributed by atoms with Gasteiger partial charge >= 0.3 is 0 Å². The van der Waals surface area contributed by atoms with Crippen molar-refractivity contribution >= 4 is 50.5 Å². The van der Waals surface area contributed by atoms with Crippen LogP contribution in [0.5, 0.6) is 0 Å². The molecule has 1 aromatic carbocycles. The van der Waals surface area contributed by atoms with E-state index >= 15 is 0 Å². The van der Waals surface area contributed by atoms with Crippen molar-refractivity contribution in [1.82, 2.24) is 0 Å². The molecule has 0 N–H and O–H groups in total. The van der Waals surface area contributed by atoms with Gasteiger partial charge in [-0.05, 0) is 39.5 Å². The van der Waals surface area contributed by atoms with Crippen LogP contribution in [-0.4, -0.2) is 0 Å². The van der Waals surface area contributed by atoms with E-state index in [1.807, 2.05) is 0 Å². The molecule has 17 heavy (non-hydrogen) atoms. The molecule has 2 rings (SSSR count). The van der Waals surface area contributed by atoms with Crippen LogP contribution in [0.3, 0.4) is 0 Å². The van der Waals surface area contributed by atoms with Gasteiger partial charge in [-0.25, -0.2) is 8.78 Å². The van der Waals surface area contributed by atoms with Gasteiger partial charge < -0.3 is 0 Å². The lowest BCUT2D eigenvalue weighted by molar-refractivity contribution is 0.582. The topological polar surface area (TPSA) is 0 Å². The van der Waals surface area contributed by atoms with E-state index < -0.39 is 17.0 Å². The highest BCUT2D eigenvalue weighted by molar-refractivity contribution is 9.10. The van der Waals surface area contributed by atoms with Gasteiger partial charge in [0.15, 0.2) is 0 Å². The second-order valence-electron chi connectivity index (χ2n) is 3.28. The number of rotatable bonds is 2. The summed E-state index contributed by atoms with van der Waals surface area (Å²) >= 11 is 16.2. The highest BCUT2D eigenvalue weighted by Gasteiger charge is 2.21. The van der Waals surface area contributed by atoms with E-state index in [2.05, 4.69) is 15.9 Å². The van der Waals surface area contributed by atoms with Crippen molar-refractivity contribution in [3.8, 4) is 0 Å². The molecule has 0 fully saturated rings. The Morgan fingerprint density at radius 1 is 1.24 bits per heavy atom. The van der Waals surface area contributed by atoms with Crippen molar-refractivity contribution in [3.63, 3.8) is 0 Å². The lowest BCUT2D eigenvalue weighted by Gasteiger charge is -2.10. The summed E-state index contributed by atoms with van der Waals surface area (Å²) in [5.41, 5.74) is 0.0803. The number of hydrogen-bond donors (Lipinski definition) is 0. The maximum atomic E-state index is 13.7.